The monoisotopic (exact) mass is 507 g/mol. The number of aryl methyl sites for hydroxylation is 1. The van der Waals surface area contributed by atoms with Crippen molar-refractivity contribution in [3.8, 4) is 10.4 Å². The summed E-state index contributed by atoms with van der Waals surface area (Å²) in [6, 6.07) is 6.09. The largest absolute Gasteiger partial charge is 0.462 e. The highest BCUT2D eigenvalue weighted by Crippen LogP contribution is 2.38. The van der Waals surface area contributed by atoms with E-state index < -0.39 is 29.3 Å². The smallest absolute Gasteiger partial charge is 0.433 e. The number of aliphatic hydroxyl groups is 1. The molecule has 0 aliphatic carbocycles. The van der Waals surface area contributed by atoms with Crippen LogP contribution in [0.5, 0.6) is 0 Å². The highest BCUT2D eigenvalue weighted by Gasteiger charge is 2.43. The summed E-state index contributed by atoms with van der Waals surface area (Å²) < 4.78 is 43.3. The van der Waals surface area contributed by atoms with E-state index in [1.54, 1.807) is 18.3 Å². The Morgan fingerprint density at radius 1 is 1.26 bits per heavy atom. The first-order chi connectivity index (χ1) is 16.5. The van der Waals surface area contributed by atoms with E-state index in [0.29, 0.717) is 21.1 Å². The van der Waals surface area contributed by atoms with E-state index in [0.717, 1.165) is 24.9 Å². The van der Waals surface area contributed by atoms with Crippen LogP contribution in [0.25, 0.3) is 10.4 Å². The molecular formula is C22H20F3N5O4S. The normalized spacial score (nSPS) is 17.9. The van der Waals surface area contributed by atoms with Crippen LogP contribution in [0.15, 0.2) is 36.7 Å². The Labute approximate surface area is 201 Å². The van der Waals surface area contributed by atoms with Gasteiger partial charge in [0.2, 0.25) is 5.95 Å². The van der Waals surface area contributed by atoms with E-state index in [2.05, 4.69) is 25.0 Å². The van der Waals surface area contributed by atoms with E-state index in [9.17, 15) is 27.9 Å². The summed E-state index contributed by atoms with van der Waals surface area (Å²) in [6.45, 7) is 1.90. The molecule has 2 aromatic heterocycles. The zero-order chi connectivity index (χ0) is 25.4. The summed E-state index contributed by atoms with van der Waals surface area (Å²) >= 11 is 1.22. The average molecular weight is 507 g/mol. The van der Waals surface area contributed by atoms with Crippen molar-refractivity contribution in [1.29, 1.82) is 0 Å². The lowest BCUT2D eigenvalue weighted by molar-refractivity contribution is -0.158. The number of aromatic nitrogens is 3. The number of nitrogens with one attached hydrogen (secondary N) is 1. The third kappa shape index (κ3) is 5.25. The van der Waals surface area contributed by atoms with Crippen LogP contribution in [-0.4, -0.2) is 57.0 Å². The third-order valence-corrected chi connectivity index (χ3v) is 6.60. The second-order valence-electron chi connectivity index (χ2n) is 8.01. The Kier molecular flexibility index (Phi) is 6.47. The number of nitrogens with zero attached hydrogens (tertiary/aromatic N) is 4. The maximum Gasteiger partial charge on any atom is 0.433 e. The Bertz CT molecular complexity index is 1280. The number of methoxy groups -OCH3 is 1. The summed E-state index contributed by atoms with van der Waals surface area (Å²) in [7, 11) is 1.11. The van der Waals surface area contributed by atoms with Crippen molar-refractivity contribution >= 4 is 34.8 Å². The first kappa shape index (κ1) is 24.5. The van der Waals surface area contributed by atoms with Gasteiger partial charge < -0.3 is 20.1 Å². The van der Waals surface area contributed by atoms with Gasteiger partial charge >= 0.3 is 18.1 Å². The molecule has 1 fully saturated rings. The van der Waals surface area contributed by atoms with Crippen LogP contribution in [0.1, 0.15) is 22.7 Å². The number of thiazole rings is 1. The van der Waals surface area contributed by atoms with Gasteiger partial charge in [-0.05, 0) is 36.2 Å². The highest BCUT2D eigenvalue weighted by molar-refractivity contribution is 7.15. The van der Waals surface area contributed by atoms with Gasteiger partial charge in [0.1, 0.15) is 16.3 Å². The lowest BCUT2D eigenvalue weighted by atomic mass is 10.1. The molecule has 184 valence electrons. The van der Waals surface area contributed by atoms with Gasteiger partial charge in [-0.2, -0.15) is 13.2 Å². The van der Waals surface area contributed by atoms with Crippen LogP contribution in [-0.2, 0) is 26.1 Å². The molecule has 0 saturated carbocycles. The van der Waals surface area contributed by atoms with Crippen LogP contribution in [0, 0.1) is 6.92 Å². The van der Waals surface area contributed by atoms with Crippen molar-refractivity contribution < 1.29 is 32.6 Å². The Morgan fingerprint density at radius 2 is 2.03 bits per heavy atom. The first-order valence-corrected chi connectivity index (χ1v) is 11.2. The average Bonchev–Trinajstić information content (AvgIpc) is 3.46. The molecule has 35 heavy (non-hydrogen) atoms. The number of alkyl halides is 3. The maximum atomic E-state index is 13.0. The lowest BCUT2D eigenvalue weighted by Gasteiger charge is -2.20. The summed E-state index contributed by atoms with van der Waals surface area (Å²) in [5.41, 5.74) is -0.458. The van der Waals surface area contributed by atoms with Crippen molar-refractivity contribution in [2.24, 2.45) is 0 Å². The molecule has 0 bridgehead atoms. The zero-order valence-electron chi connectivity index (χ0n) is 18.6. The van der Waals surface area contributed by atoms with E-state index >= 15 is 0 Å². The SMILES string of the molecule is COC(=O)C(=O)N1CCC(O)(c2ncc(-c3cc(C)cc(Nc4nccc(C(F)(F)F)n4)c3)s2)C1. The van der Waals surface area contributed by atoms with Crippen LogP contribution < -0.4 is 5.32 Å². The van der Waals surface area contributed by atoms with Gasteiger partial charge in [0, 0.05) is 31.0 Å². The van der Waals surface area contributed by atoms with Gasteiger partial charge in [-0.25, -0.2) is 19.7 Å². The molecule has 9 nitrogen and oxygen atoms in total. The topological polar surface area (TPSA) is 118 Å². The third-order valence-electron chi connectivity index (χ3n) is 5.36. The summed E-state index contributed by atoms with van der Waals surface area (Å²) in [5.74, 6) is -2.03. The number of β-amino-alcohol motifs (C(OH)–C–C–N with tert-alkyl or cyclic N) is 1. The minimum Gasteiger partial charge on any atom is -0.462 e. The Morgan fingerprint density at radius 3 is 2.74 bits per heavy atom. The van der Waals surface area contributed by atoms with Gasteiger partial charge in [-0.15, -0.1) is 11.3 Å². The Balaban J connectivity index is 1.55. The number of hydrogen-bond acceptors (Lipinski definition) is 9. The second-order valence-corrected chi connectivity index (χ2v) is 9.04. The molecule has 3 heterocycles. The van der Waals surface area contributed by atoms with Gasteiger partial charge in [-0.1, -0.05) is 6.07 Å². The number of anilines is 2. The first-order valence-electron chi connectivity index (χ1n) is 10.3. The number of amides is 1. The highest BCUT2D eigenvalue weighted by atomic mass is 32.1. The van der Waals surface area contributed by atoms with Crippen molar-refractivity contribution in [3.63, 3.8) is 0 Å². The zero-order valence-corrected chi connectivity index (χ0v) is 19.4. The molecule has 2 N–H and O–H groups in total. The van der Waals surface area contributed by atoms with Gasteiger partial charge in [0.05, 0.1) is 18.5 Å². The number of benzene rings is 1. The number of esters is 1. The molecule has 3 aromatic rings. The molecule has 1 unspecified atom stereocenters. The molecule has 1 saturated heterocycles. The predicted octanol–water partition coefficient (Wildman–Crippen LogP) is 3.26. The molecule has 1 atom stereocenters. The van der Waals surface area contributed by atoms with E-state index in [-0.39, 0.29) is 25.5 Å². The van der Waals surface area contributed by atoms with Gasteiger partial charge in [0.15, 0.2) is 0 Å². The fourth-order valence-corrected chi connectivity index (χ4v) is 4.70. The quantitative estimate of drug-likeness (QED) is 0.408. The van der Waals surface area contributed by atoms with Crippen molar-refractivity contribution in [2.75, 3.05) is 25.5 Å². The number of hydrogen-bond donors (Lipinski definition) is 2. The molecule has 1 amide bonds. The second kappa shape index (κ2) is 9.23. The predicted molar refractivity (Wildman–Crippen MR) is 120 cm³/mol. The molecule has 1 aliphatic rings. The number of rotatable bonds is 4. The van der Waals surface area contributed by atoms with Crippen LogP contribution >= 0.6 is 11.3 Å². The minimum atomic E-state index is -4.59. The van der Waals surface area contributed by atoms with Crippen molar-refractivity contribution in [1.82, 2.24) is 19.9 Å². The summed E-state index contributed by atoms with van der Waals surface area (Å²) in [6.07, 6.45) is -1.78. The summed E-state index contributed by atoms with van der Waals surface area (Å²) in [5, 5.41) is 14.2. The van der Waals surface area contributed by atoms with Gasteiger partial charge in [0.25, 0.3) is 0 Å². The number of carbonyl (C=O) groups is 2. The molecule has 13 heteroatoms. The molecule has 4 rings (SSSR count). The molecule has 1 aliphatic heterocycles. The number of halogens is 3. The lowest BCUT2D eigenvalue weighted by Crippen LogP contribution is -2.38. The number of ether oxygens (including phenoxy) is 1. The van der Waals surface area contributed by atoms with Crippen molar-refractivity contribution in [3.05, 3.63) is 52.9 Å². The molecular weight excluding hydrogens is 487 g/mol. The van der Waals surface area contributed by atoms with Crippen LogP contribution in [0.4, 0.5) is 24.8 Å². The molecule has 0 spiro atoms. The van der Waals surface area contributed by atoms with Crippen LogP contribution in [0.3, 0.4) is 0 Å². The van der Waals surface area contributed by atoms with Crippen molar-refractivity contribution in [2.45, 2.75) is 25.1 Å². The fourth-order valence-electron chi connectivity index (χ4n) is 3.68. The molecule has 0 radical (unpaired) electrons. The van der Waals surface area contributed by atoms with E-state index in [4.69, 9.17) is 0 Å². The standard InChI is InChI=1S/C22H20F3N5O4S/c1-12-7-13(9-14(8-12)28-20-26-5-3-16(29-20)22(23,24)25)15-10-27-19(35-15)21(33)4-6-30(11-21)17(31)18(32)34-2/h3,5,7-10,33H,4,6,11H2,1-2H3,(H,26,28,29). The fraction of sp³-hybridized carbons (Fsp3) is 0.318. The number of carbonyl (C=O) groups excluding carboxylic acids is 2. The summed E-state index contributed by atoms with van der Waals surface area (Å²) in [4.78, 5) is 37.2. The molecule has 1 aromatic carbocycles. The number of likely N-dealkylation sites (tertiary alicyclic amines) is 1. The Hall–Kier alpha value is -3.58. The van der Waals surface area contributed by atoms with E-state index in [1.165, 1.54) is 16.2 Å². The minimum absolute atomic E-state index is 0.0958. The van der Waals surface area contributed by atoms with E-state index in [1.807, 2.05) is 13.0 Å². The maximum absolute atomic E-state index is 13.0. The van der Waals surface area contributed by atoms with Gasteiger partial charge in [-0.3, -0.25) is 4.79 Å². The van der Waals surface area contributed by atoms with Crippen LogP contribution in [0.2, 0.25) is 0 Å².